The van der Waals surface area contributed by atoms with E-state index in [-0.39, 0.29) is 5.91 Å². The highest BCUT2D eigenvalue weighted by atomic mass is 32.1. The van der Waals surface area contributed by atoms with Gasteiger partial charge in [-0.25, -0.2) is 0 Å². The molecule has 0 spiro atoms. The quantitative estimate of drug-likeness (QED) is 0.818. The van der Waals surface area contributed by atoms with Gasteiger partial charge in [0.2, 0.25) is 0 Å². The molecule has 0 aliphatic rings. The summed E-state index contributed by atoms with van der Waals surface area (Å²) < 4.78 is 0. The third-order valence-electron chi connectivity index (χ3n) is 2.74. The molecule has 0 saturated carbocycles. The van der Waals surface area contributed by atoms with Crippen molar-refractivity contribution in [3.8, 4) is 6.07 Å². The lowest BCUT2D eigenvalue weighted by Gasteiger charge is -2.22. The summed E-state index contributed by atoms with van der Waals surface area (Å²) in [7, 11) is 0. The second-order valence-corrected chi connectivity index (χ2v) is 6.16. The van der Waals surface area contributed by atoms with Crippen molar-refractivity contribution in [3.05, 3.63) is 21.4 Å². The third-order valence-corrected chi connectivity index (χ3v) is 3.88. The molecule has 18 heavy (non-hydrogen) atoms. The topological polar surface area (TPSA) is 44.1 Å². The van der Waals surface area contributed by atoms with Crippen molar-refractivity contribution in [1.29, 1.82) is 5.26 Å². The molecule has 0 saturated heterocycles. The number of amides is 1. The number of nitriles is 1. The summed E-state index contributed by atoms with van der Waals surface area (Å²) in [5.74, 6) is 0.468. The van der Waals surface area contributed by atoms with Gasteiger partial charge >= 0.3 is 0 Å². The predicted octanol–water partition coefficient (Wildman–Crippen LogP) is 3.38. The van der Waals surface area contributed by atoms with Gasteiger partial charge < -0.3 is 4.90 Å². The number of thiophene rings is 1. The number of carbonyl (C=O) groups is 1. The highest BCUT2D eigenvalue weighted by Crippen LogP contribution is 2.22. The smallest absolute Gasteiger partial charge is 0.263 e. The van der Waals surface area contributed by atoms with Gasteiger partial charge in [-0.3, -0.25) is 4.79 Å². The molecule has 1 aromatic rings. The standard InChI is InChI=1S/C14H20N2OS/c1-10(2)9-16(7-5-6-15)14(17)13-8-11(3)12(4)18-13/h8,10H,5,7,9H2,1-4H3. The monoisotopic (exact) mass is 264 g/mol. The van der Waals surface area contributed by atoms with Gasteiger partial charge in [-0.05, 0) is 31.4 Å². The van der Waals surface area contributed by atoms with Crippen molar-refractivity contribution in [2.24, 2.45) is 5.92 Å². The average molecular weight is 264 g/mol. The minimum Gasteiger partial charge on any atom is -0.337 e. The van der Waals surface area contributed by atoms with Crippen molar-refractivity contribution < 1.29 is 4.79 Å². The SMILES string of the molecule is Cc1cc(C(=O)N(CCC#N)CC(C)C)sc1C. The van der Waals surface area contributed by atoms with E-state index < -0.39 is 0 Å². The number of aryl methyl sites for hydroxylation is 2. The van der Waals surface area contributed by atoms with Crippen LogP contribution >= 0.6 is 11.3 Å². The lowest BCUT2D eigenvalue weighted by molar-refractivity contribution is 0.0745. The Morgan fingerprint density at radius 1 is 1.50 bits per heavy atom. The van der Waals surface area contributed by atoms with Crippen LogP contribution in [0, 0.1) is 31.1 Å². The van der Waals surface area contributed by atoms with Crippen LogP contribution in [0.1, 0.15) is 40.4 Å². The molecule has 0 aromatic carbocycles. The highest BCUT2D eigenvalue weighted by molar-refractivity contribution is 7.14. The Morgan fingerprint density at radius 2 is 2.17 bits per heavy atom. The first kappa shape index (κ1) is 14.7. The fourth-order valence-corrected chi connectivity index (χ4v) is 2.74. The van der Waals surface area contributed by atoms with Gasteiger partial charge in [0.15, 0.2) is 0 Å². The highest BCUT2D eigenvalue weighted by Gasteiger charge is 2.18. The van der Waals surface area contributed by atoms with E-state index in [4.69, 9.17) is 5.26 Å². The molecule has 0 atom stereocenters. The van der Waals surface area contributed by atoms with Crippen molar-refractivity contribution in [2.45, 2.75) is 34.1 Å². The Balaban J connectivity index is 2.84. The molecule has 3 nitrogen and oxygen atoms in total. The van der Waals surface area contributed by atoms with Crippen molar-refractivity contribution in [2.75, 3.05) is 13.1 Å². The van der Waals surface area contributed by atoms with Gasteiger partial charge in [-0.15, -0.1) is 11.3 Å². The molecular weight excluding hydrogens is 244 g/mol. The number of rotatable bonds is 5. The zero-order valence-corrected chi connectivity index (χ0v) is 12.3. The fraction of sp³-hybridized carbons (Fsp3) is 0.571. The predicted molar refractivity (Wildman–Crippen MR) is 74.8 cm³/mol. The van der Waals surface area contributed by atoms with Crippen LogP contribution in [0.4, 0.5) is 0 Å². The molecule has 1 heterocycles. The largest absolute Gasteiger partial charge is 0.337 e. The van der Waals surface area contributed by atoms with E-state index in [0.29, 0.717) is 25.4 Å². The molecule has 1 rings (SSSR count). The summed E-state index contributed by atoms with van der Waals surface area (Å²) in [6.45, 7) is 9.43. The van der Waals surface area contributed by atoms with E-state index in [1.54, 1.807) is 4.90 Å². The van der Waals surface area contributed by atoms with Crippen molar-refractivity contribution in [3.63, 3.8) is 0 Å². The Hall–Kier alpha value is -1.34. The van der Waals surface area contributed by atoms with Crippen LogP contribution in [0.5, 0.6) is 0 Å². The number of hydrogen-bond acceptors (Lipinski definition) is 3. The molecule has 98 valence electrons. The number of carbonyl (C=O) groups excluding carboxylic acids is 1. The molecule has 0 aliphatic carbocycles. The first-order valence-electron chi connectivity index (χ1n) is 6.19. The first-order valence-corrected chi connectivity index (χ1v) is 7.00. The molecule has 0 radical (unpaired) electrons. The van der Waals surface area contributed by atoms with Crippen LogP contribution in [-0.4, -0.2) is 23.9 Å². The van der Waals surface area contributed by atoms with E-state index >= 15 is 0 Å². The fourth-order valence-electron chi connectivity index (χ4n) is 1.74. The lowest BCUT2D eigenvalue weighted by atomic mass is 10.2. The Bertz CT molecular complexity index is 437. The van der Waals surface area contributed by atoms with E-state index in [9.17, 15) is 4.79 Å². The molecule has 1 aromatic heterocycles. The first-order chi connectivity index (χ1) is 8.45. The molecule has 4 heteroatoms. The Labute approximate surface area is 113 Å². The minimum atomic E-state index is 0.0557. The zero-order chi connectivity index (χ0) is 13.7. The summed E-state index contributed by atoms with van der Waals surface area (Å²) >= 11 is 1.54. The van der Waals surface area contributed by atoms with Gasteiger partial charge in [0, 0.05) is 18.0 Å². The molecule has 0 N–H and O–H groups in total. The maximum Gasteiger partial charge on any atom is 0.263 e. The molecule has 1 amide bonds. The van der Waals surface area contributed by atoms with Crippen LogP contribution in [0.3, 0.4) is 0 Å². The molecule has 0 aliphatic heterocycles. The summed E-state index contributed by atoms with van der Waals surface area (Å²) in [5, 5.41) is 8.66. The van der Waals surface area contributed by atoms with Crippen molar-refractivity contribution in [1.82, 2.24) is 4.90 Å². The summed E-state index contributed by atoms with van der Waals surface area (Å²) in [5.41, 5.74) is 1.16. The number of nitrogens with zero attached hydrogens (tertiary/aromatic N) is 2. The summed E-state index contributed by atoms with van der Waals surface area (Å²) in [4.78, 5) is 16.1. The van der Waals surface area contributed by atoms with Crippen LogP contribution in [0.15, 0.2) is 6.07 Å². The minimum absolute atomic E-state index is 0.0557. The molecule has 0 unspecified atom stereocenters. The van der Waals surface area contributed by atoms with Gasteiger partial charge in [0.25, 0.3) is 5.91 Å². The molecular formula is C14H20N2OS. The van der Waals surface area contributed by atoms with Crippen LogP contribution in [0.25, 0.3) is 0 Å². The van der Waals surface area contributed by atoms with E-state index in [2.05, 4.69) is 19.9 Å². The zero-order valence-electron chi connectivity index (χ0n) is 11.5. The van der Waals surface area contributed by atoms with Gasteiger partial charge in [0.05, 0.1) is 17.4 Å². The van der Waals surface area contributed by atoms with Gasteiger partial charge in [-0.2, -0.15) is 5.26 Å². The normalized spacial score (nSPS) is 10.4. The van der Waals surface area contributed by atoms with E-state index in [0.717, 1.165) is 10.4 Å². The lowest BCUT2D eigenvalue weighted by Crippen LogP contribution is -2.34. The maximum absolute atomic E-state index is 12.4. The van der Waals surface area contributed by atoms with E-state index in [1.165, 1.54) is 16.2 Å². The van der Waals surface area contributed by atoms with Crippen LogP contribution in [-0.2, 0) is 0 Å². The molecule has 0 bridgehead atoms. The van der Waals surface area contributed by atoms with E-state index in [1.807, 2.05) is 19.9 Å². The number of hydrogen-bond donors (Lipinski definition) is 0. The summed E-state index contributed by atoms with van der Waals surface area (Å²) in [6, 6.07) is 4.05. The average Bonchev–Trinajstić information content (AvgIpc) is 2.63. The van der Waals surface area contributed by atoms with Crippen LogP contribution < -0.4 is 0 Å². The van der Waals surface area contributed by atoms with Crippen LogP contribution in [0.2, 0.25) is 0 Å². The Morgan fingerprint density at radius 3 is 2.61 bits per heavy atom. The maximum atomic E-state index is 12.4. The van der Waals surface area contributed by atoms with Crippen molar-refractivity contribution >= 4 is 17.2 Å². The van der Waals surface area contributed by atoms with Gasteiger partial charge in [0.1, 0.15) is 0 Å². The molecule has 0 fully saturated rings. The second-order valence-electron chi connectivity index (χ2n) is 4.90. The van der Waals surface area contributed by atoms with Gasteiger partial charge in [-0.1, -0.05) is 13.8 Å². The third kappa shape index (κ3) is 3.85. The second kappa shape index (κ2) is 6.55. The summed E-state index contributed by atoms with van der Waals surface area (Å²) in [6.07, 6.45) is 0.391. The Kier molecular flexibility index (Phi) is 5.36.